The lowest BCUT2D eigenvalue weighted by atomic mass is 10.1. The average molecular weight is 339 g/mol. The molecule has 5 aromatic rings. The van der Waals surface area contributed by atoms with Crippen LogP contribution in [0.2, 0.25) is 0 Å². The van der Waals surface area contributed by atoms with Gasteiger partial charge < -0.3 is 8.83 Å². The third-order valence-electron chi connectivity index (χ3n) is 4.36. The molecular formula is C22H13NO3. The Bertz CT molecular complexity index is 1250. The van der Waals surface area contributed by atoms with Crippen LogP contribution in [0.4, 0.5) is 0 Å². The molecule has 0 saturated carbocycles. The zero-order valence-corrected chi connectivity index (χ0v) is 13.7. The number of furan rings is 1. The minimum absolute atomic E-state index is 0.168. The number of benzene rings is 3. The van der Waals surface area contributed by atoms with Crippen LogP contribution in [-0.4, -0.2) is 10.8 Å². The SMILES string of the molecule is O=C(c1ccccc1)c1ccc(-c2nc3c(ccc4ccccc43)o2)o1. The van der Waals surface area contributed by atoms with E-state index in [-0.39, 0.29) is 11.5 Å². The molecule has 26 heavy (non-hydrogen) atoms. The van der Waals surface area contributed by atoms with Gasteiger partial charge in [-0.05, 0) is 23.6 Å². The Balaban J connectivity index is 1.58. The Morgan fingerprint density at radius 2 is 1.58 bits per heavy atom. The van der Waals surface area contributed by atoms with Gasteiger partial charge in [0.25, 0.3) is 5.89 Å². The number of hydrogen-bond donors (Lipinski definition) is 0. The molecule has 4 heteroatoms. The fraction of sp³-hybridized carbons (Fsp3) is 0. The highest BCUT2D eigenvalue weighted by Gasteiger charge is 2.18. The van der Waals surface area contributed by atoms with Crippen LogP contribution in [0.1, 0.15) is 16.1 Å². The third-order valence-corrected chi connectivity index (χ3v) is 4.36. The molecule has 0 bridgehead atoms. The summed E-state index contributed by atoms with van der Waals surface area (Å²) < 4.78 is 11.6. The molecule has 0 amide bonds. The standard InChI is InChI=1S/C22H13NO3/c24-21(15-7-2-1-3-8-15)18-12-13-19(25-18)22-23-20-16-9-5-4-6-14(16)10-11-17(20)26-22/h1-13H. The quantitative estimate of drug-likeness (QED) is 0.409. The first-order chi connectivity index (χ1) is 12.8. The molecule has 0 fully saturated rings. The summed E-state index contributed by atoms with van der Waals surface area (Å²) in [7, 11) is 0. The lowest BCUT2D eigenvalue weighted by molar-refractivity contribution is 0.101. The minimum atomic E-state index is -0.168. The Kier molecular flexibility index (Phi) is 3.22. The summed E-state index contributed by atoms with van der Waals surface area (Å²) in [6.45, 7) is 0. The van der Waals surface area contributed by atoms with Gasteiger partial charge in [0.15, 0.2) is 17.1 Å². The second kappa shape index (κ2) is 5.70. The fourth-order valence-electron chi connectivity index (χ4n) is 3.07. The van der Waals surface area contributed by atoms with Crippen molar-refractivity contribution in [3.63, 3.8) is 0 Å². The number of oxazole rings is 1. The fourth-order valence-corrected chi connectivity index (χ4v) is 3.07. The molecule has 0 spiro atoms. The molecule has 5 rings (SSSR count). The van der Waals surface area contributed by atoms with Crippen molar-refractivity contribution in [2.45, 2.75) is 0 Å². The molecule has 0 aliphatic heterocycles. The molecular weight excluding hydrogens is 326 g/mol. The Labute approximate surface area is 148 Å². The molecule has 0 saturated heterocycles. The van der Waals surface area contributed by atoms with Crippen LogP contribution < -0.4 is 0 Å². The summed E-state index contributed by atoms with van der Waals surface area (Å²) in [6.07, 6.45) is 0. The first-order valence-electron chi connectivity index (χ1n) is 8.28. The molecule has 0 aliphatic rings. The largest absolute Gasteiger partial charge is 0.448 e. The molecule has 2 aromatic heterocycles. The van der Waals surface area contributed by atoms with Gasteiger partial charge >= 0.3 is 0 Å². The van der Waals surface area contributed by atoms with Crippen LogP contribution in [0.3, 0.4) is 0 Å². The summed E-state index contributed by atoms with van der Waals surface area (Å²) >= 11 is 0. The van der Waals surface area contributed by atoms with E-state index in [0.29, 0.717) is 22.8 Å². The van der Waals surface area contributed by atoms with Gasteiger partial charge in [-0.15, -0.1) is 0 Å². The van der Waals surface area contributed by atoms with Crippen molar-refractivity contribution in [1.82, 2.24) is 4.98 Å². The Morgan fingerprint density at radius 1 is 0.769 bits per heavy atom. The predicted octanol–water partition coefficient (Wildman–Crippen LogP) is 5.47. The molecule has 2 heterocycles. The van der Waals surface area contributed by atoms with Crippen molar-refractivity contribution in [1.29, 1.82) is 0 Å². The summed E-state index contributed by atoms with van der Waals surface area (Å²) in [5.74, 6) is 0.893. The first kappa shape index (κ1) is 14.7. The van der Waals surface area contributed by atoms with Crippen LogP contribution in [-0.2, 0) is 0 Å². The van der Waals surface area contributed by atoms with Crippen molar-refractivity contribution in [3.05, 3.63) is 90.2 Å². The number of fused-ring (bicyclic) bond motifs is 3. The maximum absolute atomic E-state index is 12.5. The van der Waals surface area contributed by atoms with E-state index in [9.17, 15) is 4.79 Å². The van der Waals surface area contributed by atoms with Gasteiger partial charge in [-0.1, -0.05) is 60.7 Å². The van der Waals surface area contributed by atoms with E-state index in [2.05, 4.69) is 4.98 Å². The van der Waals surface area contributed by atoms with E-state index >= 15 is 0 Å². The summed E-state index contributed by atoms with van der Waals surface area (Å²) in [5, 5.41) is 2.12. The normalized spacial score (nSPS) is 11.2. The molecule has 124 valence electrons. The van der Waals surface area contributed by atoms with E-state index in [1.54, 1.807) is 24.3 Å². The highest BCUT2D eigenvalue weighted by Crippen LogP contribution is 2.30. The maximum Gasteiger partial charge on any atom is 0.263 e. The monoisotopic (exact) mass is 339 g/mol. The molecule has 0 aliphatic carbocycles. The average Bonchev–Trinajstić information content (AvgIpc) is 3.35. The predicted molar refractivity (Wildman–Crippen MR) is 99.1 cm³/mol. The van der Waals surface area contributed by atoms with Crippen LogP contribution in [0.15, 0.2) is 87.7 Å². The second-order valence-corrected chi connectivity index (χ2v) is 6.01. The zero-order chi connectivity index (χ0) is 17.5. The van der Waals surface area contributed by atoms with Crippen molar-refractivity contribution >= 4 is 27.7 Å². The third kappa shape index (κ3) is 2.31. The zero-order valence-electron chi connectivity index (χ0n) is 13.7. The van der Waals surface area contributed by atoms with Gasteiger partial charge in [0.1, 0.15) is 5.52 Å². The Hall–Kier alpha value is -3.66. The van der Waals surface area contributed by atoms with E-state index in [1.807, 2.05) is 54.6 Å². The highest BCUT2D eigenvalue weighted by molar-refractivity contribution is 6.07. The lowest BCUT2D eigenvalue weighted by Crippen LogP contribution is -1.98. The van der Waals surface area contributed by atoms with Crippen molar-refractivity contribution in [3.8, 4) is 11.7 Å². The van der Waals surface area contributed by atoms with E-state index in [1.165, 1.54) is 0 Å². The van der Waals surface area contributed by atoms with Gasteiger partial charge in [0, 0.05) is 10.9 Å². The van der Waals surface area contributed by atoms with E-state index < -0.39 is 0 Å². The van der Waals surface area contributed by atoms with E-state index in [4.69, 9.17) is 8.83 Å². The minimum Gasteiger partial charge on any atom is -0.448 e. The number of carbonyl (C=O) groups excluding carboxylic acids is 1. The van der Waals surface area contributed by atoms with E-state index in [0.717, 1.165) is 16.3 Å². The van der Waals surface area contributed by atoms with Gasteiger partial charge in [-0.25, -0.2) is 4.98 Å². The van der Waals surface area contributed by atoms with Crippen LogP contribution >= 0.6 is 0 Å². The number of aromatic nitrogens is 1. The van der Waals surface area contributed by atoms with Crippen LogP contribution in [0.5, 0.6) is 0 Å². The highest BCUT2D eigenvalue weighted by atomic mass is 16.4. The van der Waals surface area contributed by atoms with Crippen LogP contribution in [0, 0.1) is 0 Å². The number of carbonyl (C=O) groups is 1. The molecule has 4 nitrogen and oxygen atoms in total. The van der Waals surface area contributed by atoms with Gasteiger partial charge in [-0.3, -0.25) is 4.79 Å². The van der Waals surface area contributed by atoms with Gasteiger partial charge in [-0.2, -0.15) is 0 Å². The first-order valence-corrected chi connectivity index (χ1v) is 8.28. The molecule has 3 aromatic carbocycles. The number of nitrogens with zero attached hydrogens (tertiary/aromatic N) is 1. The number of ketones is 1. The van der Waals surface area contributed by atoms with Crippen molar-refractivity contribution in [2.75, 3.05) is 0 Å². The summed E-state index contributed by atoms with van der Waals surface area (Å²) in [6, 6.07) is 24.3. The molecule has 0 unspecified atom stereocenters. The summed E-state index contributed by atoms with van der Waals surface area (Å²) in [4.78, 5) is 17.1. The maximum atomic E-state index is 12.5. The Morgan fingerprint density at radius 3 is 2.46 bits per heavy atom. The molecule has 0 N–H and O–H groups in total. The lowest BCUT2D eigenvalue weighted by Gasteiger charge is -1.96. The van der Waals surface area contributed by atoms with Crippen molar-refractivity contribution in [2.24, 2.45) is 0 Å². The topological polar surface area (TPSA) is 56.2 Å². The van der Waals surface area contributed by atoms with Gasteiger partial charge in [0.2, 0.25) is 5.78 Å². The van der Waals surface area contributed by atoms with Crippen LogP contribution in [0.25, 0.3) is 33.5 Å². The molecule has 0 radical (unpaired) electrons. The number of hydrogen-bond acceptors (Lipinski definition) is 4. The van der Waals surface area contributed by atoms with Crippen molar-refractivity contribution < 1.29 is 13.6 Å². The van der Waals surface area contributed by atoms with Gasteiger partial charge in [0.05, 0.1) is 0 Å². The summed E-state index contributed by atoms with van der Waals surface area (Å²) in [5.41, 5.74) is 2.05. The smallest absolute Gasteiger partial charge is 0.263 e. The molecule has 0 atom stereocenters. The second-order valence-electron chi connectivity index (χ2n) is 6.01. The number of rotatable bonds is 3.